The van der Waals surface area contributed by atoms with Gasteiger partial charge in [0.2, 0.25) is 5.84 Å². The summed E-state index contributed by atoms with van der Waals surface area (Å²) in [5.74, 6) is 1.27. The van der Waals surface area contributed by atoms with E-state index in [0.29, 0.717) is 0 Å². The van der Waals surface area contributed by atoms with Crippen LogP contribution in [0.25, 0.3) is 0 Å². The van der Waals surface area contributed by atoms with Crippen molar-refractivity contribution in [3.05, 3.63) is 35.9 Å². The van der Waals surface area contributed by atoms with Crippen LogP contribution in [0.1, 0.15) is 24.2 Å². The Kier molecular flexibility index (Phi) is 1.98. The molecular formula is C13H16N3+. The summed E-state index contributed by atoms with van der Waals surface area (Å²) in [6.45, 7) is 5.26. The molecule has 3 heteroatoms. The maximum Gasteiger partial charge on any atom is 0.213 e. The lowest BCUT2D eigenvalue weighted by atomic mass is 10.2. The minimum Gasteiger partial charge on any atom is -0.252 e. The van der Waals surface area contributed by atoms with Crippen molar-refractivity contribution >= 4 is 11.5 Å². The molecule has 0 aromatic carbocycles. The van der Waals surface area contributed by atoms with Crippen LogP contribution in [0.5, 0.6) is 0 Å². The Balaban J connectivity index is 2.16. The Bertz CT molecular complexity index is 502. The van der Waals surface area contributed by atoms with Crippen molar-refractivity contribution in [2.45, 2.75) is 26.7 Å². The first-order valence-electron chi connectivity index (χ1n) is 5.80. The average Bonchev–Trinajstić information content (AvgIpc) is 2.75. The van der Waals surface area contributed by atoms with E-state index < -0.39 is 0 Å². The number of aliphatic imine (C=N–C) groups is 1. The highest BCUT2D eigenvalue weighted by Gasteiger charge is 2.43. The van der Waals surface area contributed by atoms with E-state index in [1.165, 1.54) is 17.9 Å². The average molecular weight is 214 g/mol. The number of aromatic nitrogens is 1. The summed E-state index contributed by atoms with van der Waals surface area (Å²) in [5.41, 5.74) is 3.50. The van der Waals surface area contributed by atoms with Gasteiger partial charge in [0.1, 0.15) is 6.20 Å². The molecule has 16 heavy (non-hydrogen) atoms. The third kappa shape index (κ3) is 1.18. The van der Waals surface area contributed by atoms with Crippen molar-refractivity contribution in [1.82, 2.24) is 9.47 Å². The summed E-state index contributed by atoms with van der Waals surface area (Å²) in [5, 5.41) is 0. The minimum atomic E-state index is 0.819. The molecule has 0 amide bonds. The van der Waals surface area contributed by atoms with Gasteiger partial charge in [-0.15, -0.1) is 0 Å². The molecule has 82 valence electrons. The molecule has 0 N–H and O–H groups in total. The van der Waals surface area contributed by atoms with Crippen LogP contribution in [0.3, 0.4) is 0 Å². The molecule has 2 aliphatic rings. The number of fused-ring (bicyclic) bond motifs is 1. The normalized spacial score (nSPS) is 27.0. The number of quaternary nitrogens is 1. The van der Waals surface area contributed by atoms with E-state index in [0.717, 1.165) is 28.8 Å². The van der Waals surface area contributed by atoms with Crippen LogP contribution >= 0.6 is 0 Å². The fraction of sp³-hybridized carbons (Fsp3) is 0.385. The maximum absolute atomic E-state index is 4.57. The molecule has 0 radical (unpaired) electrons. The standard InChI is InChI=1S/C13H16N3/c1-10-5-6-12(11(2)15-10)16-8-3-4-13(16)14-7-9-16/h5-7,9H,3-4,8H2,1-2H3/q+1. The number of hydrogen-bond donors (Lipinski definition) is 0. The largest absolute Gasteiger partial charge is 0.252 e. The van der Waals surface area contributed by atoms with Gasteiger partial charge in [0, 0.05) is 24.6 Å². The molecule has 3 nitrogen and oxygen atoms in total. The molecule has 0 spiro atoms. The number of nitrogens with zero attached hydrogens (tertiary/aromatic N) is 3. The third-order valence-corrected chi connectivity index (χ3v) is 3.54. The lowest BCUT2D eigenvalue weighted by Crippen LogP contribution is -2.43. The van der Waals surface area contributed by atoms with E-state index >= 15 is 0 Å². The first kappa shape index (κ1) is 9.73. The van der Waals surface area contributed by atoms with E-state index in [1.54, 1.807) is 0 Å². The predicted octanol–water partition coefficient (Wildman–Crippen LogP) is 2.68. The van der Waals surface area contributed by atoms with Crippen LogP contribution < -0.4 is 4.48 Å². The van der Waals surface area contributed by atoms with Gasteiger partial charge in [-0.05, 0) is 19.9 Å². The van der Waals surface area contributed by atoms with Gasteiger partial charge in [0.25, 0.3) is 0 Å². The molecule has 3 rings (SSSR count). The molecule has 3 heterocycles. The lowest BCUT2D eigenvalue weighted by Gasteiger charge is -2.27. The van der Waals surface area contributed by atoms with Gasteiger partial charge in [-0.2, -0.15) is 0 Å². The summed E-state index contributed by atoms with van der Waals surface area (Å²) in [7, 11) is 0. The first-order chi connectivity index (χ1) is 7.72. The van der Waals surface area contributed by atoms with Crippen molar-refractivity contribution < 1.29 is 0 Å². The number of hydrogen-bond acceptors (Lipinski definition) is 2. The molecular weight excluding hydrogens is 198 g/mol. The molecule has 1 aromatic rings. The van der Waals surface area contributed by atoms with E-state index in [1.807, 2.05) is 13.1 Å². The molecule has 1 fully saturated rings. The fourth-order valence-electron chi connectivity index (χ4n) is 2.82. The molecule has 1 saturated heterocycles. The van der Waals surface area contributed by atoms with Gasteiger partial charge in [0.15, 0.2) is 5.69 Å². The number of pyridine rings is 1. The number of amidine groups is 1. The third-order valence-electron chi connectivity index (χ3n) is 3.54. The lowest BCUT2D eigenvalue weighted by molar-refractivity contribution is 0.581. The van der Waals surface area contributed by atoms with E-state index in [4.69, 9.17) is 0 Å². The Morgan fingerprint density at radius 3 is 2.94 bits per heavy atom. The Morgan fingerprint density at radius 2 is 2.12 bits per heavy atom. The Morgan fingerprint density at radius 1 is 1.25 bits per heavy atom. The highest BCUT2D eigenvalue weighted by molar-refractivity contribution is 5.98. The zero-order valence-corrected chi connectivity index (χ0v) is 9.77. The molecule has 1 unspecified atom stereocenters. The molecule has 0 aliphatic carbocycles. The summed E-state index contributed by atoms with van der Waals surface area (Å²) in [6, 6.07) is 4.30. The van der Waals surface area contributed by atoms with Crippen molar-refractivity contribution in [2.75, 3.05) is 6.54 Å². The van der Waals surface area contributed by atoms with Crippen molar-refractivity contribution in [2.24, 2.45) is 4.99 Å². The first-order valence-corrected chi connectivity index (χ1v) is 5.80. The number of aryl methyl sites for hydroxylation is 2. The van der Waals surface area contributed by atoms with E-state index in [9.17, 15) is 0 Å². The van der Waals surface area contributed by atoms with Crippen molar-refractivity contribution in [1.29, 1.82) is 0 Å². The van der Waals surface area contributed by atoms with Gasteiger partial charge in [0.05, 0.1) is 18.4 Å². The van der Waals surface area contributed by atoms with Gasteiger partial charge in [-0.25, -0.2) is 9.48 Å². The van der Waals surface area contributed by atoms with Crippen molar-refractivity contribution in [3.63, 3.8) is 0 Å². The van der Waals surface area contributed by atoms with E-state index in [-0.39, 0.29) is 0 Å². The zero-order chi connectivity index (χ0) is 11.2. The fourth-order valence-corrected chi connectivity index (χ4v) is 2.82. The zero-order valence-electron chi connectivity index (χ0n) is 9.77. The Labute approximate surface area is 95.7 Å². The topological polar surface area (TPSA) is 25.2 Å². The summed E-state index contributed by atoms with van der Waals surface area (Å²) >= 11 is 0. The molecule has 2 aliphatic heterocycles. The van der Waals surface area contributed by atoms with Crippen LogP contribution in [0.15, 0.2) is 29.5 Å². The summed E-state index contributed by atoms with van der Waals surface area (Å²) in [4.78, 5) is 9.06. The highest BCUT2D eigenvalue weighted by atomic mass is 15.4. The van der Waals surface area contributed by atoms with Crippen LogP contribution in [-0.4, -0.2) is 17.4 Å². The molecule has 0 saturated carbocycles. The molecule has 1 atom stereocenters. The van der Waals surface area contributed by atoms with E-state index in [2.05, 4.69) is 35.2 Å². The highest BCUT2D eigenvalue weighted by Crippen LogP contribution is 2.36. The summed E-state index contributed by atoms with van der Waals surface area (Å²) < 4.78 is 0.819. The van der Waals surface area contributed by atoms with Gasteiger partial charge in [-0.1, -0.05) is 0 Å². The number of rotatable bonds is 1. The quantitative estimate of drug-likeness (QED) is 0.660. The second kappa shape index (κ2) is 3.25. The monoisotopic (exact) mass is 214 g/mol. The van der Waals surface area contributed by atoms with Crippen LogP contribution in [0, 0.1) is 13.8 Å². The molecule has 1 aromatic heterocycles. The smallest absolute Gasteiger partial charge is 0.213 e. The van der Waals surface area contributed by atoms with Crippen LogP contribution in [0.4, 0.5) is 5.69 Å². The predicted molar refractivity (Wildman–Crippen MR) is 66.2 cm³/mol. The van der Waals surface area contributed by atoms with Gasteiger partial charge < -0.3 is 0 Å². The SMILES string of the molecule is Cc1ccc([N+]23C=CN=C2CCC3)c(C)n1. The van der Waals surface area contributed by atoms with Crippen LogP contribution in [-0.2, 0) is 0 Å². The van der Waals surface area contributed by atoms with Crippen molar-refractivity contribution in [3.8, 4) is 0 Å². The van der Waals surface area contributed by atoms with Gasteiger partial charge >= 0.3 is 0 Å². The van der Waals surface area contributed by atoms with Crippen LogP contribution in [0.2, 0.25) is 0 Å². The minimum absolute atomic E-state index is 0.819. The maximum atomic E-state index is 4.57. The second-order valence-electron chi connectivity index (χ2n) is 4.60. The second-order valence-corrected chi connectivity index (χ2v) is 4.60. The molecule has 0 bridgehead atoms. The summed E-state index contributed by atoms with van der Waals surface area (Å²) in [6.07, 6.45) is 6.46. The van der Waals surface area contributed by atoms with Gasteiger partial charge in [-0.3, -0.25) is 4.98 Å². The Hall–Kier alpha value is -1.48.